The van der Waals surface area contributed by atoms with Crippen molar-refractivity contribution in [1.29, 1.82) is 0 Å². The summed E-state index contributed by atoms with van der Waals surface area (Å²) in [5, 5.41) is 0. The van der Waals surface area contributed by atoms with Crippen molar-refractivity contribution in [3.63, 3.8) is 0 Å². The second-order valence-electron chi connectivity index (χ2n) is 5.39. The molecular weight excluding hydrogens is 422 g/mol. The third kappa shape index (κ3) is 3.61. The molecule has 1 heterocycles. The summed E-state index contributed by atoms with van der Waals surface area (Å²) < 4.78 is 28.8. The zero-order valence-electron chi connectivity index (χ0n) is 12.0. The summed E-state index contributed by atoms with van der Waals surface area (Å²) >= 11 is 6.64. The predicted molar refractivity (Wildman–Crippen MR) is 91.7 cm³/mol. The van der Waals surface area contributed by atoms with Gasteiger partial charge in [0.1, 0.15) is 4.90 Å². The number of sulfonamides is 1. The van der Waals surface area contributed by atoms with Crippen LogP contribution in [0, 0.1) is 0 Å². The minimum Gasteiger partial charge on any atom is -0.398 e. The fraction of sp³-hybridized carbons (Fsp3) is 0.538. The lowest BCUT2D eigenvalue weighted by Gasteiger charge is -2.28. The molecule has 21 heavy (non-hydrogen) atoms. The first-order valence-corrected chi connectivity index (χ1v) is 9.71. The number of hydrogen-bond acceptors (Lipinski definition) is 4. The van der Waals surface area contributed by atoms with Crippen LogP contribution in [-0.2, 0) is 10.0 Å². The Morgan fingerprint density at radius 1 is 1.29 bits per heavy atom. The van der Waals surface area contributed by atoms with Crippen molar-refractivity contribution in [1.82, 2.24) is 9.21 Å². The number of anilines is 1. The minimum atomic E-state index is -3.62. The Morgan fingerprint density at radius 3 is 2.57 bits per heavy atom. The van der Waals surface area contributed by atoms with Crippen molar-refractivity contribution in [2.75, 3.05) is 32.4 Å². The van der Waals surface area contributed by atoms with E-state index in [1.807, 2.05) is 14.0 Å². The second-order valence-corrected chi connectivity index (χ2v) is 8.98. The lowest BCUT2D eigenvalue weighted by Crippen LogP contribution is -2.42. The Hall–Kier alpha value is -0.150. The van der Waals surface area contributed by atoms with Gasteiger partial charge in [-0.05, 0) is 55.0 Å². The standard InChI is InChI=1S/C13H19Br2N3O2S/c1-9-8-17(2)4-3-5-18(9)21(19,20)13-11(15)6-10(14)7-12(13)16/h6-7,9H,3-5,8,16H2,1-2H3. The van der Waals surface area contributed by atoms with Gasteiger partial charge in [-0.3, -0.25) is 0 Å². The molecule has 1 saturated heterocycles. The molecule has 1 aliphatic heterocycles. The van der Waals surface area contributed by atoms with Gasteiger partial charge in [-0.15, -0.1) is 0 Å². The number of likely N-dealkylation sites (N-methyl/N-ethyl adjacent to an activating group) is 1. The third-order valence-electron chi connectivity index (χ3n) is 3.59. The average Bonchev–Trinajstić information content (AvgIpc) is 2.48. The Labute approximate surface area is 142 Å². The van der Waals surface area contributed by atoms with Crippen LogP contribution in [0.1, 0.15) is 13.3 Å². The number of nitrogens with zero attached hydrogens (tertiary/aromatic N) is 2. The van der Waals surface area contributed by atoms with Gasteiger partial charge >= 0.3 is 0 Å². The quantitative estimate of drug-likeness (QED) is 0.717. The number of hydrogen-bond donors (Lipinski definition) is 1. The highest BCUT2D eigenvalue weighted by atomic mass is 79.9. The number of nitrogens with two attached hydrogens (primary N) is 1. The van der Waals surface area contributed by atoms with Gasteiger partial charge in [0.2, 0.25) is 10.0 Å². The van der Waals surface area contributed by atoms with E-state index in [0.29, 0.717) is 17.6 Å². The van der Waals surface area contributed by atoms with Crippen LogP contribution in [0.4, 0.5) is 5.69 Å². The third-order valence-corrected chi connectivity index (χ3v) is 7.07. The van der Waals surface area contributed by atoms with Gasteiger partial charge in [0, 0.05) is 28.1 Å². The van der Waals surface area contributed by atoms with Gasteiger partial charge in [-0.1, -0.05) is 15.9 Å². The van der Waals surface area contributed by atoms with Gasteiger partial charge in [-0.25, -0.2) is 8.42 Å². The SMILES string of the molecule is CC1CN(C)CCCN1S(=O)(=O)c1c(N)cc(Br)cc1Br. The maximum Gasteiger partial charge on any atom is 0.246 e. The van der Waals surface area contributed by atoms with Crippen molar-refractivity contribution >= 4 is 47.6 Å². The molecule has 8 heteroatoms. The topological polar surface area (TPSA) is 66.6 Å². The van der Waals surface area contributed by atoms with E-state index in [-0.39, 0.29) is 16.6 Å². The molecule has 118 valence electrons. The largest absolute Gasteiger partial charge is 0.398 e. The first-order valence-electron chi connectivity index (χ1n) is 6.68. The Balaban J connectivity index is 2.47. The summed E-state index contributed by atoms with van der Waals surface area (Å²) in [5.41, 5.74) is 6.20. The van der Waals surface area contributed by atoms with Gasteiger partial charge in [0.25, 0.3) is 0 Å². The summed E-state index contributed by atoms with van der Waals surface area (Å²) in [7, 11) is -1.61. The van der Waals surface area contributed by atoms with E-state index in [2.05, 4.69) is 36.8 Å². The number of rotatable bonds is 2. The van der Waals surface area contributed by atoms with Crippen LogP contribution < -0.4 is 5.73 Å². The molecular formula is C13H19Br2N3O2S. The fourth-order valence-electron chi connectivity index (χ4n) is 2.68. The van der Waals surface area contributed by atoms with Crippen LogP contribution in [0.3, 0.4) is 0 Å². The van der Waals surface area contributed by atoms with Crippen molar-refractivity contribution in [2.24, 2.45) is 0 Å². The van der Waals surface area contributed by atoms with Crippen molar-refractivity contribution in [3.05, 3.63) is 21.1 Å². The molecule has 1 unspecified atom stereocenters. The summed E-state index contributed by atoms with van der Waals surface area (Å²) in [5.74, 6) is 0. The molecule has 0 amide bonds. The van der Waals surface area contributed by atoms with Crippen molar-refractivity contribution < 1.29 is 8.42 Å². The van der Waals surface area contributed by atoms with Gasteiger partial charge in [0.15, 0.2) is 0 Å². The fourth-order valence-corrected chi connectivity index (χ4v) is 6.36. The lowest BCUT2D eigenvalue weighted by atomic mass is 10.3. The molecule has 1 aliphatic rings. The lowest BCUT2D eigenvalue weighted by molar-refractivity contribution is 0.290. The van der Waals surface area contributed by atoms with Crippen LogP contribution >= 0.6 is 31.9 Å². The molecule has 0 aromatic heterocycles. The van der Waals surface area contributed by atoms with E-state index in [1.165, 1.54) is 0 Å². The van der Waals surface area contributed by atoms with Crippen LogP contribution in [-0.4, -0.2) is 50.3 Å². The molecule has 2 rings (SSSR count). The zero-order valence-corrected chi connectivity index (χ0v) is 16.0. The van der Waals surface area contributed by atoms with E-state index in [4.69, 9.17) is 5.73 Å². The molecule has 1 atom stereocenters. The monoisotopic (exact) mass is 439 g/mol. The average molecular weight is 441 g/mol. The van der Waals surface area contributed by atoms with Gasteiger partial charge < -0.3 is 10.6 Å². The number of nitrogen functional groups attached to an aromatic ring is 1. The van der Waals surface area contributed by atoms with Crippen LogP contribution in [0.15, 0.2) is 26.0 Å². The zero-order chi connectivity index (χ0) is 15.8. The maximum absolute atomic E-state index is 13.0. The maximum atomic E-state index is 13.0. The highest BCUT2D eigenvalue weighted by Crippen LogP contribution is 2.34. The van der Waals surface area contributed by atoms with E-state index in [0.717, 1.165) is 17.4 Å². The Bertz CT molecular complexity index is 613. The van der Waals surface area contributed by atoms with Gasteiger partial charge in [0.05, 0.1) is 5.69 Å². The molecule has 0 bridgehead atoms. The summed E-state index contributed by atoms with van der Waals surface area (Å²) in [6, 6.07) is 3.24. The molecule has 1 fully saturated rings. The molecule has 2 N–H and O–H groups in total. The highest BCUT2D eigenvalue weighted by molar-refractivity contribution is 9.11. The molecule has 0 saturated carbocycles. The van der Waals surface area contributed by atoms with E-state index in [1.54, 1.807) is 16.4 Å². The smallest absolute Gasteiger partial charge is 0.246 e. The van der Waals surface area contributed by atoms with Crippen LogP contribution in [0.5, 0.6) is 0 Å². The predicted octanol–water partition coefficient (Wildman–Crippen LogP) is 2.51. The van der Waals surface area contributed by atoms with Crippen LogP contribution in [0.2, 0.25) is 0 Å². The number of halogens is 2. The molecule has 0 aliphatic carbocycles. The van der Waals surface area contributed by atoms with E-state index < -0.39 is 10.0 Å². The Morgan fingerprint density at radius 2 is 1.95 bits per heavy atom. The summed E-state index contributed by atoms with van der Waals surface area (Å²) in [6.45, 7) is 4.05. The molecule has 1 aromatic carbocycles. The highest BCUT2D eigenvalue weighted by Gasteiger charge is 2.34. The first kappa shape index (κ1) is 17.2. The summed E-state index contributed by atoms with van der Waals surface area (Å²) in [4.78, 5) is 2.31. The van der Waals surface area contributed by atoms with Crippen molar-refractivity contribution in [2.45, 2.75) is 24.3 Å². The molecule has 0 radical (unpaired) electrons. The van der Waals surface area contributed by atoms with Crippen LogP contribution in [0.25, 0.3) is 0 Å². The Kier molecular flexibility index (Phi) is 5.36. The van der Waals surface area contributed by atoms with E-state index >= 15 is 0 Å². The molecule has 5 nitrogen and oxygen atoms in total. The van der Waals surface area contributed by atoms with Gasteiger partial charge in [-0.2, -0.15) is 4.31 Å². The second kappa shape index (κ2) is 6.54. The number of benzene rings is 1. The normalized spacial score (nSPS) is 22.2. The molecule has 0 spiro atoms. The van der Waals surface area contributed by atoms with Crippen molar-refractivity contribution in [3.8, 4) is 0 Å². The molecule has 1 aromatic rings. The summed E-state index contributed by atoms with van der Waals surface area (Å²) in [6.07, 6.45) is 0.814. The van der Waals surface area contributed by atoms with E-state index in [9.17, 15) is 8.42 Å². The first-order chi connectivity index (χ1) is 9.73. The minimum absolute atomic E-state index is 0.0857.